The SMILES string of the molecule is O=C(CC1CSc2nc3c(cnn3-c3ccc(Cl)cc3)c(=O)n21)Nc1ccc([N+](=O)[O-])cc1. The molecule has 166 valence electrons. The number of nitro groups is 1. The zero-order chi connectivity index (χ0) is 23.1. The molecule has 10 nitrogen and oxygen atoms in total. The largest absolute Gasteiger partial charge is 0.326 e. The molecule has 0 fully saturated rings. The maximum atomic E-state index is 13.2. The molecule has 1 atom stereocenters. The van der Waals surface area contributed by atoms with Crippen LogP contribution in [0.25, 0.3) is 16.7 Å². The lowest BCUT2D eigenvalue weighted by molar-refractivity contribution is -0.384. The lowest BCUT2D eigenvalue weighted by Gasteiger charge is -2.13. The van der Waals surface area contributed by atoms with Gasteiger partial charge in [-0.1, -0.05) is 23.4 Å². The maximum Gasteiger partial charge on any atom is 0.269 e. The number of rotatable bonds is 5. The molecule has 3 heterocycles. The molecule has 1 N–H and O–H groups in total. The van der Waals surface area contributed by atoms with Crippen LogP contribution in [0.2, 0.25) is 5.02 Å². The van der Waals surface area contributed by atoms with E-state index in [1.165, 1.54) is 46.8 Å². The van der Waals surface area contributed by atoms with E-state index in [2.05, 4.69) is 15.4 Å². The average Bonchev–Trinajstić information content (AvgIpc) is 3.40. The molecule has 4 aromatic rings. The molecule has 33 heavy (non-hydrogen) atoms. The van der Waals surface area contributed by atoms with Crippen molar-refractivity contribution in [2.24, 2.45) is 0 Å². The van der Waals surface area contributed by atoms with Gasteiger partial charge in [-0.05, 0) is 36.4 Å². The third-order valence-corrected chi connectivity index (χ3v) is 6.57. The number of halogens is 1. The molecule has 0 radical (unpaired) electrons. The molecule has 2 aromatic carbocycles. The number of nitro benzene ring substituents is 1. The minimum absolute atomic E-state index is 0.0603. The zero-order valence-corrected chi connectivity index (χ0v) is 18.4. The highest BCUT2D eigenvalue weighted by Crippen LogP contribution is 2.33. The smallest absolute Gasteiger partial charge is 0.269 e. The second kappa shape index (κ2) is 8.34. The van der Waals surface area contributed by atoms with E-state index >= 15 is 0 Å². The predicted molar refractivity (Wildman–Crippen MR) is 124 cm³/mol. The molecule has 1 amide bonds. The van der Waals surface area contributed by atoms with Crippen LogP contribution in [0.4, 0.5) is 11.4 Å². The molecule has 1 aliphatic heterocycles. The normalized spacial score (nSPS) is 14.9. The van der Waals surface area contributed by atoms with Gasteiger partial charge in [-0.15, -0.1) is 0 Å². The third-order valence-electron chi connectivity index (χ3n) is 5.22. The molecule has 2 aromatic heterocycles. The maximum absolute atomic E-state index is 13.2. The van der Waals surface area contributed by atoms with Crippen LogP contribution in [0.1, 0.15) is 12.5 Å². The Morgan fingerprint density at radius 1 is 1.21 bits per heavy atom. The summed E-state index contributed by atoms with van der Waals surface area (Å²) in [4.78, 5) is 40.7. The second-order valence-corrected chi connectivity index (χ2v) is 8.78. The Hall–Kier alpha value is -3.70. The molecule has 0 spiro atoms. The van der Waals surface area contributed by atoms with Crippen LogP contribution in [-0.4, -0.2) is 35.9 Å². The first-order valence-electron chi connectivity index (χ1n) is 9.84. The molecular weight excluding hydrogens is 468 g/mol. The van der Waals surface area contributed by atoms with E-state index in [0.717, 1.165) is 5.69 Å². The van der Waals surface area contributed by atoms with Crippen molar-refractivity contribution in [1.82, 2.24) is 19.3 Å². The number of nitrogens with zero attached hydrogens (tertiary/aromatic N) is 5. The third kappa shape index (κ3) is 3.96. The predicted octanol–water partition coefficient (Wildman–Crippen LogP) is 3.82. The summed E-state index contributed by atoms with van der Waals surface area (Å²) < 4.78 is 3.12. The quantitative estimate of drug-likeness (QED) is 0.260. The number of anilines is 1. The van der Waals surface area contributed by atoms with E-state index in [4.69, 9.17) is 11.6 Å². The Bertz CT molecular complexity index is 1450. The van der Waals surface area contributed by atoms with Crippen LogP contribution in [0.3, 0.4) is 0 Å². The number of carbonyl (C=O) groups is 1. The van der Waals surface area contributed by atoms with E-state index in [0.29, 0.717) is 32.7 Å². The van der Waals surface area contributed by atoms with Gasteiger partial charge in [0.15, 0.2) is 10.8 Å². The number of hydrogen-bond acceptors (Lipinski definition) is 7. The number of amides is 1. The molecule has 0 saturated carbocycles. The summed E-state index contributed by atoms with van der Waals surface area (Å²) in [5.41, 5.74) is 1.30. The minimum atomic E-state index is -0.506. The Kier molecular flexibility index (Phi) is 5.35. The fraction of sp³-hybridized carbons (Fsp3) is 0.143. The fourth-order valence-electron chi connectivity index (χ4n) is 3.64. The van der Waals surface area contributed by atoms with Gasteiger partial charge in [-0.25, -0.2) is 9.67 Å². The molecule has 0 bridgehead atoms. The Morgan fingerprint density at radius 2 is 1.94 bits per heavy atom. The van der Waals surface area contributed by atoms with Gasteiger partial charge in [-0.2, -0.15) is 5.10 Å². The lowest BCUT2D eigenvalue weighted by Crippen LogP contribution is -2.27. The van der Waals surface area contributed by atoms with Gasteiger partial charge in [0.1, 0.15) is 5.39 Å². The van der Waals surface area contributed by atoms with Crippen LogP contribution < -0.4 is 10.9 Å². The van der Waals surface area contributed by atoms with E-state index < -0.39 is 4.92 Å². The number of benzene rings is 2. The number of fused-ring (bicyclic) bond motifs is 2. The van der Waals surface area contributed by atoms with Gasteiger partial charge in [0, 0.05) is 35.0 Å². The topological polar surface area (TPSA) is 125 Å². The first-order chi connectivity index (χ1) is 15.9. The molecule has 0 saturated heterocycles. The standard InChI is InChI=1S/C21H15ClN6O4S/c22-12-1-5-14(6-2-12)27-19-17(10-23-27)20(30)26-16(11-33-21(26)25-19)9-18(29)24-13-3-7-15(8-4-13)28(31)32/h1-8,10,16H,9,11H2,(H,24,29). The number of thioether (sulfide) groups is 1. The van der Waals surface area contributed by atoms with Crippen molar-refractivity contribution >= 4 is 51.7 Å². The summed E-state index contributed by atoms with van der Waals surface area (Å²) in [5, 5.41) is 19.3. The Balaban J connectivity index is 1.39. The van der Waals surface area contributed by atoms with E-state index in [9.17, 15) is 19.7 Å². The van der Waals surface area contributed by atoms with Crippen LogP contribution >= 0.6 is 23.4 Å². The van der Waals surface area contributed by atoms with Gasteiger partial charge < -0.3 is 5.32 Å². The van der Waals surface area contributed by atoms with Crippen molar-refractivity contribution in [1.29, 1.82) is 0 Å². The van der Waals surface area contributed by atoms with Gasteiger partial charge in [0.25, 0.3) is 11.2 Å². The number of hydrogen-bond donors (Lipinski definition) is 1. The molecule has 1 unspecified atom stereocenters. The summed E-state index contributed by atoms with van der Waals surface area (Å²) in [5.74, 6) is 0.225. The molecule has 5 rings (SSSR count). The lowest BCUT2D eigenvalue weighted by atomic mass is 10.2. The summed E-state index contributed by atoms with van der Waals surface area (Å²) >= 11 is 7.36. The van der Waals surface area contributed by atoms with Gasteiger partial charge in [0.2, 0.25) is 5.91 Å². The monoisotopic (exact) mass is 482 g/mol. The molecular formula is C21H15ClN6O4S. The van der Waals surface area contributed by atoms with E-state index in [1.54, 1.807) is 28.9 Å². The molecule has 0 aliphatic carbocycles. The number of nitrogens with one attached hydrogen (secondary N) is 1. The van der Waals surface area contributed by atoms with Crippen molar-refractivity contribution in [3.8, 4) is 5.69 Å². The highest BCUT2D eigenvalue weighted by atomic mass is 35.5. The summed E-state index contributed by atoms with van der Waals surface area (Å²) in [6.07, 6.45) is 1.54. The van der Waals surface area contributed by atoms with Crippen molar-refractivity contribution in [3.05, 3.63) is 80.2 Å². The Morgan fingerprint density at radius 3 is 2.64 bits per heavy atom. The second-order valence-electron chi connectivity index (χ2n) is 7.36. The van der Waals surface area contributed by atoms with Crippen molar-refractivity contribution in [2.75, 3.05) is 11.1 Å². The van der Waals surface area contributed by atoms with Crippen molar-refractivity contribution in [3.63, 3.8) is 0 Å². The summed E-state index contributed by atoms with van der Waals surface area (Å²) in [7, 11) is 0. The fourth-order valence-corrected chi connectivity index (χ4v) is 4.90. The van der Waals surface area contributed by atoms with Crippen LogP contribution in [0.5, 0.6) is 0 Å². The number of carbonyl (C=O) groups excluding carboxylic acids is 1. The van der Waals surface area contributed by atoms with Gasteiger partial charge in [0.05, 0.1) is 22.8 Å². The first-order valence-corrected chi connectivity index (χ1v) is 11.2. The highest BCUT2D eigenvalue weighted by Gasteiger charge is 2.29. The highest BCUT2D eigenvalue weighted by molar-refractivity contribution is 7.99. The summed E-state index contributed by atoms with van der Waals surface area (Å²) in [6, 6.07) is 12.3. The van der Waals surface area contributed by atoms with Crippen LogP contribution in [0, 0.1) is 10.1 Å². The number of aromatic nitrogens is 4. The van der Waals surface area contributed by atoms with Crippen LogP contribution in [0.15, 0.2) is 64.7 Å². The zero-order valence-electron chi connectivity index (χ0n) is 16.8. The van der Waals surface area contributed by atoms with Gasteiger partial charge in [-0.3, -0.25) is 24.3 Å². The first kappa shape index (κ1) is 21.2. The summed E-state index contributed by atoms with van der Waals surface area (Å²) in [6.45, 7) is 0. The Labute approximate surface area is 195 Å². The van der Waals surface area contributed by atoms with Gasteiger partial charge >= 0.3 is 0 Å². The minimum Gasteiger partial charge on any atom is -0.326 e. The molecule has 12 heteroatoms. The number of non-ortho nitro benzene ring substituents is 1. The van der Waals surface area contributed by atoms with Crippen molar-refractivity contribution in [2.45, 2.75) is 17.6 Å². The van der Waals surface area contributed by atoms with E-state index in [1.807, 2.05) is 0 Å². The molecule has 1 aliphatic rings. The average molecular weight is 483 g/mol. The van der Waals surface area contributed by atoms with Crippen molar-refractivity contribution < 1.29 is 9.72 Å². The van der Waals surface area contributed by atoms with E-state index in [-0.39, 0.29) is 29.6 Å². The van der Waals surface area contributed by atoms with Crippen LogP contribution in [-0.2, 0) is 4.79 Å².